The maximum atomic E-state index is 13.6. The summed E-state index contributed by atoms with van der Waals surface area (Å²) < 4.78 is 19.8. The predicted octanol–water partition coefficient (Wildman–Crippen LogP) is 5.51. The first-order valence-corrected chi connectivity index (χ1v) is 10.8. The van der Waals surface area contributed by atoms with Crippen molar-refractivity contribution in [3.8, 4) is 22.6 Å². The van der Waals surface area contributed by atoms with Crippen LogP contribution >= 0.6 is 0 Å². The van der Waals surface area contributed by atoms with Gasteiger partial charge in [-0.15, -0.1) is 0 Å². The number of aromatic hydroxyl groups is 1. The van der Waals surface area contributed by atoms with Crippen molar-refractivity contribution in [1.82, 2.24) is 4.90 Å². The zero-order valence-electron chi connectivity index (χ0n) is 17.6. The summed E-state index contributed by atoms with van der Waals surface area (Å²) in [5.41, 5.74) is 2.86. The van der Waals surface area contributed by atoms with Gasteiger partial charge in [0, 0.05) is 12.6 Å². The second kappa shape index (κ2) is 9.50. The van der Waals surface area contributed by atoms with E-state index in [4.69, 9.17) is 4.74 Å². The van der Waals surface area contributed by atoms with Crippen LogP contribution in [0.3, 0.4) is 0 Å². The number of hydrogen-bond acceptors (Lipinski definition) is 4. The molecule has 0 spiro atoms. The number of piperidine rings is 1. The quantitative estimate of drug-likeness (QED) is 0.551. The van der Waals surface area contributed by atoms with Crippen molar-refractivity contribution < 1.29 is 19.3 Å². The molecule has 0 aromatic heterocycles. The van der Waals surface area contributed by atoms with E-state index in [1.165, 1.54) is 12.1 Å². The van der Waals surface area contributed by atoms with Crippen LogP contribution in [0.4, 0.5) is 4.39 Å². The smallest absolute Gasteiger partial charge is 0.163 e. The van der Waals surface area contributed by atoms with Gasteiger partial charge in [-0.05, 0) is 60.2 Å². The SMILES string of the molecule is CC[C@H](Oc1ccccc1O)N1CC[C@H](O)C[C@H]1c1ccc(-c2cccc(F)c2)cc1. The highest BCUT2D eigenvalue weighted by molar-refractivity contribution is 5.63. The van der Waals surface area contributed by atoms with Crippen LogP contribution in [0.5, 0.6) is 11.5 Å². The molecular formula is C26H28FNO3. The van der Waals surface area contributed by atoms with Gasteiger partial charge < -0.3 is 14.9 Å². The van der Waals surface area contributed by atoms with E-state index in [2.05, 4.69) is 11.8 Å². The van der Waals surface area contributed by atoms with E-state index in [0.717, 1.165) is 23.1 Å². The second-order valence-electron chi connectivity index (χ2n) is 8.01. The minimum Gasteiger partial charge on any atom is -0.504 e. The number of aliphatic hydroxyl groups excluding tert-OH is 1. The molecule has 0 unspecified atom stereocenters. The average Bonchev–Trinajstić information content (AvgIpc) is 2.79. The molecule has 1 heterocycles. The van der Waals surface area contributed by atoms with Gasteiger partial charge in [-0.25, -0.2) is 4.39 Å². The van der Waals surface area contributed by atoms with Gasteiger partial charge in [0.15, 0.2) is 17.7 Å². The highest BCUT2D eigenvalue weighted by atomic mass is 19.1. The number of likely N-dealkylation sites (tertiary alicyclic amines) is 1. The number of rotatable bonds is 6. The fraction of sp³-hybridized carbons (Fsp3) is 0.308. The molecule has 4 rings (SSSR count). The van der Waals surface area contributed by atoms with Crippen molar-refractivity contribution >= 4 is 0 Å². The Morgan fingerprint density at radius 2 is 1.81 bits per heavy atom. The van der Waals surface area contributed by atoms with Gasteiger partial charge in [0.2, 0.25) is 0 Å². The number of halogens is 1. The molecule has 1 aliphatic rings. The number of hydrogen-bond donors (Lipinski definition) is 2. The Balaban J connectivity index is 1.59. The maximum absolute atomic E-state index is 13.6. The van der Waals surface area contributed by atoms with E-state index < -0.39 is 0 Å². The summed E-state index contributed by atoms with van der Waals surface area (Å²) in [4.78, 5) is 2.26. The van der Waals surface area contributed by atoms with Crippen molar-refractivity contribution in [1.29, 1.82) is 0 Å². The lowest BCUT2D eigenvalue weighted by Crippen LogP contribution is -2.47. The number of benzene rings is 3. The number of phenols is 1. The molecule has 2 N–H and O–H groups in total. The first-order chi connectivity index (χ1) is 15.0. The Kier molecular flexibility index (Phi) is 6.54. The summed E-state index contributed by atoms with van der Waals surface area (Å²) in [6.45, 7) is 2.75. The van der Waals surface area contributed by atoms with Crippen molar-refractivity contribution in [3.63, 3.8) is 0 Å². The minimum atomic E-state index is -0.369. The third-order valence-corrected chi connectivity index (χ3v) is 5.92. The first-order valence-electron chi connectivity index (χ1n) is 10.8. The predicted molar refractivity (Wildman–Crippen MR) is 119 cm³/mol. The van der Waals surface area contributed by atoms with Crippen LogP contribution in [0.25, 0.3) is 11.1 Å². The van der Waals surface area contributed by atoms with Gasteiger partial charge in [0.25, 0.3) is 0 Å². The van der Waals surface area contributed by atoms with Gasteiger partial charge in [0.1, 0.15) is 5.82 Å². The summed E-state index contributed by atoms with van der Waals surface area (Å²) >= 11 is 0. The monoisotopic (exact) mass is 421 g/mol. The van der Waals surface area contributed by atoms with E-state index in [-0.39, 0.29) is 29.9 Å². The average molecular weight is 422 g/mol. The molecule has 0 saturated carbocycles. The molecule has 0 aliphatic carbocycles. The molecule has 3 aromatic rings. The van der Waals surface area contributed by atoms with Crippen LogP contribution in [-0.4, -0.2) is 34.0 Å². The Bertz CT molecular complexity index is 1010. The number of ether oxygens (including phenoxy) is 1. The third-order valence-electron chi connectivity index (χ3n) is 5.92. The maximum Gasteiger partial charge on any atom is 0.163 e. The normalized spacial score (nSPS) is 20.4. The number of phenolic OH excluding ortho intramolecular Hbond substituents is 1. The fourth-order valence-electron chi connectivity index (χ4n) is 4.29. The molecule has 3 aromatic carbocycles. The number of aliphatic hydroxyl groups is 1. The van der Waals surface area contributed by atoms with Crippen molar-refractivity contribution in [3.05, 3.63) is 84.2 Å². The first kappa shape index (κ1) is 21.3. The molecule has 5 heteroatoms. The van der Waals surface area contributed by atoms with Crippen LogP contribution in [-0.2, 0) is 0 Å². The van der Waals surface area contributed by atoms with Crippen LogP contribution in [0.2, 0.25) is 0 Å². The summed E-state index contributed by atoms with van der Waals surface area (Å²) in [6, 6.07) is 21.6. The largest absolute Gasteiger partial charge is 0.504 e. The van der Waals surface area contributed by atoms with Crippen molar-refractivity contribution in [2.24, 2.45) is 0 Å². The lowest BCUT2D eigenvalue weighted by atomic mass is 9.91. The van der Waals surface area contributed by atoms with E-state index in [1.807, 2.05) is 36.4 Å². The van der Waals surface area contributed by atoms with E-state index in [9.17, 15) is 14.6 Å². The molecule has 31 heavy (non-hydrogen) atoms. The number of para-hydroxylation sites is 2. The summed E-state index contributed by atoms with van der Waals surface area (Å²) in [5, 5.41) is 20.5. The Morgan fingerprint density at radius 3 is 2.52 bits per heavy atom. The van der Waals surface area contributed by atoms with Gasteiger partial charge in [0.05, 0.1) is 6.10 Å². The lowest BCUT2D eigenvalue weighted by Gasteiger charge is -2.42. The van der Waals surface area contributed by atoms with Gasteiger partial charge in [-0.2, -0.15) is 0 Å². The topological polar surface area (TPSA) is 52.9 Å². The lowest BCUT2D eigenvalue weighted by molar-refractivity contribution is -0.0563. The third kappa shape index (κ3) is 4.89. The summed E-state index contributed by atoms with van der Waals surface area (Å²) in [7, 11) is 0. The van der Waals surface area contributed by atoms with Crippen LogP contribution < -0.4 is 4.74 Å². The molecule has 4 nitrogen and oxygen atoms in total. The van der Waals surface area contributed by atoms with Crippen LogP contribution in [0, 0.1) is 5.82 Å². The molecule has 1 fully saturated rings. The molecule has 3 atom stereocenters. The van der Waals surface area contributed by atoms with Crippen LogP contribution in [0.1, 0.15) is 37.8 Å². The Hall–Kier alpha value is -2.89. The standard InChI is InChI=1S/C26H28FNO3/c1-2-26(31-25-9-4-3-8-24(25)30)28-15-14-22(29)17-23(28)19-12-10-18(11-13-19)20-6-5-7-21(27)16-20/h3-13,16,22-23,26,29-30H,2,14-15,17H2,1H3/t22-,23-,26-/m0/s1. The van der Waals surface area contributed by atoms with Crippen LogP contribution in [0.15, 0.2) is 72.8 Å². The van der Waals surface area contributed by atoms with Gasteiger partial charge in [-0.3, -0.25) is 4.90 Å². The molecule has 0 bridgehead atoms. The van der Waals surface area contributed by atoms with E-state index in [0.29, 0.717) is 25.1 Å². The molecule has 0 amide bonds. The van der Waals surface area contributed by atoms with E-state index in [1.54, 1.807) is 24.3 Å². The highest BCUT2D eigenvalue weighted by Gasteiger charge is 2.34. The van der Waals surface area contributed by atoms with E-state index >= 15 is 0 Å². The summed E-state index contributed by atoms with van der Waals surface area (Å²) in [5.74, 6) is 0.324. The highest BCUT2D eigenvalue weighted by Crippen LogP contribution is 2.36. The minimum absolute atomic E-state index is 0.0129. The Labute approximate surface area is 182 Å². The van der Waals surface area contributed by atoms with Gasteiger partial charge in [-0.1, -0.05) is 55.5 Å². The molecule has 1 aliphatic heterocycles. The molecular weight excluding hydrogens is 393 g/mol. The molecule has 1 saturated heterocycles. The molecule has 162 valence electrons. The van der Waals surface area contributed by atoms with Gasteiger partial charge >= 0.3 is 0 Å². The Morgan fingerprint density at radius 1 is 1.03 bits per heavy atom. The zero-order valence-corrected chi connectivity index (χ0v) is 17.6. The van der Waals surface area contributed by atoms with Crippen molar-refractivity contribution in [2.75, 3.05) is 6.54 Å². The second-order valence-corrected chi connectivity index (χ2v) is 8.01. The number of nitrogens with zero attached hydrogens (tertiary/aromatic N) is 1. The van der Waals surface area contributed by atoms with Crippen molar-refractivity contribution in [2.45, 2.75) is 44.6 Å². The molecule has 0 radical (unpaired) electrons. The zero-order chi connectivity index (χ0) is 21.8. The fourth-order valence-corrected chi connectivity index (χ4v) is 4.29. The summed E-state index contributed by atoms with van der Waals surface area (Å²) in [6.07, 6.45) is 1.43.